The van der Waals surface area contributed by atoms with Gasteiger partial charge in [-0.25, -0.2) is 4.79 Å². The van der Waals surface area contributed by atoms with Gasteiger partial charge in [0.1, 0.15) is 25.4 Å². The zero-order valence-electron chi connectivity index (χ0n) is 17.3. The Morgan fingerprint density at radius 1 is 1.10 bits per heavy atom. The van der Waals surface area contributed by atoms with Crippen molar-refractivity contribution in [2.75, 3.05) is 33.3 Å². The number of esters is 1. The summed E-state index contributed by atoms with van der Waals surface area (Å²) >= 11 is 2.72. The Kier molecular flexibility index (Phi) is 7.93. The molecule has 1 aliphatic heterocycles. The van der Waals surface area contributed by atoms with E-state index in [-0.39, 0.29) is 23.1 Å². The van der Waals surface area contributed by atoms with Crippen molar-refractivity contribution in [3.63, 3.8) is 0 Å². The molecule has 0 amide bonds. The Bertz CT molecular complexity index is 915. The maximum Gasteiger partial charge on any atom is 0.349 e. The van der Waals surface area contributed by atoms with E-state index in [9.17, 15) is 9.90 Å². The number of thiophene rings is 2. The summed E-state index contributed by atoms with van der Waals surface area (Å²) in [5, 5.41) is 15.1. The molecule has 2 unspecified atom stereocenters. The van der Waals surface area contributed by atoms with Gasteiger partial charge in [0.25, 0.3) is 0 Å². The summed E-state index contributed by atoms with van der Waals surface area (Å²) in [6.07, 6.45) is 0.559. The Labute approximate surface area is 201 Å². The van der Waals surface area contributed by atoms with Crippen LogP contribution in [0.2, 0.25) is 0 Å². The minimum atomic E-state index is -1.75. The summed E-state index contributed by atoms with van der Waals surface area (Å²) < 4.78 is 12.5. The van der Waals surface area contributed by atoms with Crippen molar-refractivity contribution in [3.05, 3.63) is 75.1 Å². The van der Waals surface area contributed by atoms with Gasteiger partial charge in [-0.05, 0) is 35.0 Å². The van der Waals surface area contributed by atoms with Crippen molar-refractivity contribution in [2.24, 2.45) is 0 Å². The van der Waals surface area contributed by atoms with Crippen LogP contribution in [0.4, 0.5) is 0 Å². The fraction of sp³-hybridized carbons (Fsp3) is 0.348. The van der Waals surface area contributed by atoms with Crippen LogP contribution in [0.3, 0.4) is 0 Å². The van der Waals surface area contributed by atoms with Crippen molar-refractivity contribution in [3.8, 4) is 5.75 Å². The van der Waals surface area contributed by atoms with E-state index < -0.39 is 11.6 Å². The number of hydrogen-bond acceptors (Lipinski definition) is 6. The summed E-state index contributed by atoms with van der Waals surface area (Å²) in [5.41, 5.74) is -1.75. The van der Waals surface area contributed by atoms with Crippen LogP contribution in [-0.2, 0) is 15.1 Å². The fourth-order valence-electron chi connectivity index (χ4n) is 3.86. The predicted octanol–water partition coefficient (Wildman–Crippen LogP) is 0.891. The zero-order valence-corrected chi connectivity index (χ0v) is 20.5. The molecule has 1 saturated heterocycles. The van der Waals surface area contributed by atoms with Gasteiger partial charge in [-0.2, -0.15) is 0 Å². The lowest BCUT2D eigenvalue weighted by atomic mass is 10.00. The number of para-hydroxylation sites is 1. The summed E-state index contributed by atoms with van der Waals surface area (Å²) in [7, 11) is 2.16. The molecule has 4 rings (SSSR count). The number of carbonyl (C=O) groups is 1. The number of aliphatic hydroxyl groups is 1. The second-order valence-corrected chi connectivity index (χ2v) is 9.79. The molecule has 166 valence electrons. The van der Waals surface area contributed by atoms with Crippen LogP contribution < -0.4 is 21.7 Å². The number of ether oxygens (including phenoxy) is 2. The third-order valence-corrected chi connectivity index (χ3v) is 7.56. The number of likely N-dealkylation sites (tertiary alicyclic amines) is 1. The van der Waals surface area contributed by atoms with Crippen LogP contribution in [0.25, 0.3) is 0 Å². The summed E-state index contributed by atoms with van der Waals surface area (Å²) in [6.45, 7) is 3.07. The lowest BCUT2D eigenvalue weighted by Crippen LogP contribution is -3.00. The normalized spacial score (nSPS) is 20.8. The van der Waals surface area contributed by atoms with Gasteiger partial charge in [-0.15, -0.1) is 22.7 Å². The molecular weight excluding hydrogens is 498 g/mol. The molecule has 31 heavy (non-hydrogen) atoms. The van der Waals surface area contributed by atoms with Gasteiger partial charge in [0, 0.05) is 6.42 Å². The molecule has 2 aromatic heterocycles. The molecule has 3 aromatic rings. The van der Waals surface area contributed by atoms with Gasteiger partial charge in [0.05, 0.1) is 23.3 Å². The molecule has 0 saturated carbocycles. The molecule has 0 radical (unpaired) electrons. The number of benzene rings is 1. The van der Waals surface area contributed by atoms with E-state index in [2.05, 4.69) is 7.05 Å². The van der Waals surface area contributed by atoms with Gasteiger partial charge in [0.15, 0.2) is 6.10 Å². The van der Waals surface area contributed by atoms with Gasteiger partial charge < -0.3 is 36.0 Å². The largest absolute Gasteiger partial charge is 1.00 e. The second kappa shape index (κ2) is 10.3. The van der Waals surface area contributed by atoms with E-state index in [1.165, 1.54) is 22.7 Å². The van der Waals surface area contributed by atoms with Crippen LogP contribution in [0, 0.1) is 0 Å². The van der Waals surface area contributed by atoms with E-state index in [4.69, 9.17) is 9.47 Å². The van der Waals surface area contributed by atoms with Gasteiger partial charge in [-0.1, -0.05) is 30.3 Å². The SMILES string of the molecule is C[N+]1(CCOc2ccccc2)CCC(OC(=O)C(O)(c2cccs2)c2cccs2)C1.[Br-]. The first-order valence-electron chi connectivity index (χ1n) is 10.0. The molecule has 1 aliphatic rings. The fourth-order valence-corrected chi connectivity index (χ4v) is 5.57. The third kappa shape index (κ3) is 5.38. The van der Waals surface area contributed by atoms with Crippen molar-refractivity contribution in [2.45, 2.75) is 18.1 Å². The highest BCUT2D eigenvalue weighted by molar-refractivity contribution is 7.12. The molecule has 0 bridgehead atoms. The Morgan fingerprint density at radius 3 is 2.32 bits per heavy atom. The number of halogens is 1. The molecule has 3 heterocycles. The van der Waals surface area contributed by atoms with Gasteiger partial charge >= 0.3 is 5.97 Å². The van der Waals surface area contributed by atoms with E-state index in [0.717, 1.165) is 36.3 Å². The molecule has 0 spiro atoms. The molecule has 8 heteroatoms. The number of carbonyl (C=O) groups excluding carboxylic acids is 1. The Morgan fingerprint density at radius 2 is 1.74 bits per heavy atom. The first kappa shape index (κ1) is 23.9. The maximum atomic E-state index is 13.1. The minimum absolute atomic E-state index is 0. The van der Waals surface area contributed by atoms with Gasteiger partial charge in [-0.3, -0.25) is 0 Å². The Hall–Kier alpha value is -1.71. The maximum absolute atomic E-state index is 13.1. The third-order valence-electron chi connectivity index (χ3n) is 5.60. The summed E-state index contributed by atoms with van der Waals surface area (Å²) in [4.78, 5) is 14.3. The molecular formula is C23H26BrNO4S2. The van der Waals surface area contributed by atoms with E-state index in [1.807, 2.05) is 53.2 Å². The monoisotopic (exact) mass is 523 g/mol. The molecule has 1 N–H and O–H groups in total. The molecule has 5 nitrogen and oxygen atoms in total. The Balaban J connectivity index is 0.00000272. The number of quaternary nitrogens is 1. The lowest BCUT2D eigenvalue weighted by molar-refractivity contribution is -0.898. The highest BCUT2D eigenvalue weighted by atomic mass is 79.9. The van der Waals surface area contributed by atoms with Crippen LogP contribution in [0.1, 0.15) is 16.2 Å². The first-order valence-corrected chi connectivity index (χ1v) is 11.8. The van der Waals surface area contributed by atoms with E-state index in [1.54, 1.807) is 12.1 Å². The number of nitrogens with zero attached hydrogens (tertiary/aromatic N) is 1. The standard InChI is InChI=1S/C23H26NO4S2.BrH/c1-24(13-14-27-18-7-3-2-4-8-18)12-11-19(17-24)28-22(25)23(26,20-9-5-15-29-20)21-10-6-16-30-21;/h2-10,15-16,19,26H,11-14,17H2,1H3;1H/q+1;/p-1. The van der Waals surface area contributed by atoms with Crippen molar-refractivity contribution >= 4 is 28.6 Å². The summed E-state index contributed by atoms with van der Waals surface area (Å²) in [6, 6.07) is 17.0. The molecule has 1 fully saturated rings. The van der Waals surface area contributed by atoms with Crippen molar-refractivity contribution in [1.82, 2.24) is 0 Å². The first-order chi connectivity index (χ1) is 14.5. The topological polar surface area (TPSA) is 55.8 Å². The highest BCUT2D eigenvalue weighted by Gasteiger charge is 2.46. The molecule has 2 atom stereocenters. The molecule has 1 aromatic carbocycles. The van der Waals surface area contributed by atoms with Crippen molar-refractivity contribution in [1.29, 1.82) is 0 Å². The van der Waals surface area contributed by atoms with Crippen LogP contribution in [0.5, 0.6) is 5.75 Å². The zero-order chi connectivity index (χ0) is 21.0. The minimum Gasteiger partial charge on any atom is -1.00 e. The number of likely N-dealkylation sites (N-methyl/N-ethyl adjacent to an activating group) is 1. The van der Waals surface area contributed by atoms with Crippen LogP contribution in [-0.4, -0.2) is 55.0 Å². The average molecular weight is 525 g/mol. The van der Waals surface area contributed by atoms with E-state index in [0.29, 0.717) is 16.4 Å². The van der Waals surface area contributed by atoms with E-state index >= 15 is 0 Å². The quantitative estimate of drug-likeness (QED) is 0.352. The van der Waals surface area contributed by atoms with Crippen LogP contribution in [0.15, 0.2) is 65.4 Å². The van der Waals surface area contributed by atoms with Crippen LogP contribution >= 0.6 is 22.7 Å². The second-order valence-electron chi connectivity index (χ2n) is 7.89. The number of hydrogen-bond donors (Lipinski definition) is 1. The summed E-state index contributed by atoms with van der Waals surface area (Å²) in [5.74, 6) is 0.273. The lowest BCUT2D eigenvalue weighted by Gasteiger charge is -2.30. The van der Waals surface area contributed by atoms with Gasteiger partial charge in [0.2, 0.25) is 5.60 Å². The number of rotatable bonds is 8. The highest BCUT2D eigenvalue weighted by Crippen LogP contribution is 2.37. The average Bonchev–Trinajstić information content (AvgIpc) is 3.51. The predicted molar refractivity (Wildman–Crippen MR) is 119 cm³/mol. The molecule has 0 aliphatic carbocycles. The van der Waals surface area contributed by atoms with Crippen molar-refractivity contribution < 1.29 is 40.8 Å². The smallest absolute Gasteiger partial charge is 0.349 e.